The Labute approximate surface area is 244 Å². The standard InChI is InChI=1S/C31H50N4O6/c1-8-13-22(26(36)28(38)32-16-9-2)33-27(37)25-23-21(31(23,6)7)17-35(25)29(39)24(20-14-11-10-12-15-20)34-30(40)41-19(5)18(3)4/h9,18-25H,2,8,10-17H2,1,3-7H3,(H,32,38)(H,33,37)(H,34,40)/t19-,21+,22?,23+,24+,25+/m1/s1. The number of piperidine rings is 1. The second-order valence-electron chi connectivity index (χ2n) is 13.0. The smallest absolute Gasteiger partial charge is 0.408 e. The first-order valence-electron chi connectivity index (χ1n) is 15.4. The van der Waals surface area contributed by atoms with Gasteiger partial charge in [-0.05, 0) is 55.3 Å². The van der Waals surface area contributed by atoms with Gasteiger partial charge in [0.25, 0.3) is 5.91 Å². The predicted molar refractivity (Wildman–Crippen MR) is 156 cm³/mol. The lowest BCUT2D eigenvalue weighted by Crippen LogP contribution is -2.59. The molecule has 0 radical (unpaired) electrons. The Bertz CT molecular complexity index is 1000. The largest absolute Gasteiger partial charge is 0.446 e. The number of ether oxygens (including phenoxy) is 1. The molecular weight excluding hydrogens is 524 g/mol. The van der Waals surface area contributed by atoms with Crippen molar-refractivity contribution in [2.75, 3.05) is 13.1 Å². The number of ketones is 1. The molecule has 0 bridgehead atoms. The molecule has 0 aromatic carbocycles. The lowest BCUT2D eigenvalue weighted by molar-refractivity contribution is -0.145. The highest BCUT2D eigenvalue weighted by molar-refractivity contribution is 6.38. The Morgan fingerprint density at radius 1 is 1.05 bits per heavy atom. The molecule has 10 nitrogen and oxygen atoms in total. The van der Waals surface area contributed by atoms with E-state index in [-0.39, 0.29) is 47.6 Å². The van der Waals surface area contributed by atoms with Gasteiger partial charge in [-0.15, -0.1) is 6.58 Å². The Kier molecular flexibility index (Phi) is 11.0. The van der Waals surface area contributed by atoms with Gasteiger partial charge in [-0.25, -0.2) is 4.79 Å². The SMILES string of the molecule is C=CCNC(=O)C(=O)C(CCC)NC(=O)[C@@H]1[C@@H]2[C@H](CN1C(=O)[C@@H](NC(=O)O[C@H](C)C(C)C)C1CCCCC1)C2(C)C. The second-order valence-corrected chi connectivity index (χ2v) is 13.0. The monoisotopic (exact) mass is 574 g/mol. The number of fused-ring (bicyclic) bond motifs is 1. The van der Waals surface area contributed by atoms with Crippen LogP contribution in [-0.4, -0.2) is 71.8 Å². The molecule has 10 heteroatoms. The fourth-order valence-corrected chi connectivity index (χ4v) is 6.53. The number of hydrogen-bond donors (Lipinski definition) is 3. The Balaban J connectivity index is 1.83. The van der Waals surface area contributed by atoms with Gasteiger partial charge in [-0.3, -0.25) is 19.2 Å². The van der Waals surface area contributed by atoms with Crippen LogP contribution in [-0.2, 0) is 23.9 Å². The minimum Gasteiger partial charge on any atom is -0.446 e. The van der Waals surface area contributed by atoms with Gasteiger partial charge < -0.3 is 25.6 Å². The summed E-state index contributed by atoms with van der Waals surface area (Å²) in [5.41, 5.74) is -0.135. The molecule has 3 N–H and O–H groups in total. The number of rotatable bonds is 13. The van der Waals surface area contributed by atoms with E-state index in [9.17, 15) is 24.0 Å². The van der Waals surface area contributed by atoms with Gasteiger partial charge in [0.1, 0.15) is 18.2 Å². The molecular formula is C31H50N4O6. The number of likely N-dealkylation sites (tertiary alicyclic amines) is 1. The summed E-state index contributed by atoms with van der Waals surface area (Å²) in [6, 6.07) is -2.57. The van der Waals surface area contributed by atoms with Crippen molar-refractivity contribution in [1.82, 2.24) is 20.9 Å². The van der Waals surface area contributed by atoms with E-state index in [1.54, 1.807) is 4.90 Å². The number of nitrogens with one attached hydrogen (secondary N) is 3. The Morgan fingerprint density at radius 3 is 2.29 bits per heavy atom. The second kappa shape index (κ2) is 13.8. The molecule has 1 saturated heterocycles. The normalized spacial score (nSPS) is 25.3. The molecule has 1 aliphatic heterocycles. The summed E-state index contributed by atoms with van der Waals surface area (Å²) >= 11 is 0. The number of Topliss-reactive ketones (excluding diaryl/α,β-unsaturated/α-hetero) is 1. The van der Waals surface area contributed by atoms with Crippen LogP contribution >= 0.6 is 0 Å². The predicted octanol–water partition coefficient (Wildman–Crippen LogP) is 3.35. The quantitative estimate of drug-likeness (QED) is 0.228. The maximum Gasteiger partial charge on any atom is 0.408 e. The molecule has 3 fully saturated rings. The lowest BCUT2D eigenvalue weighted by atomic mass is 9.83. The average molecular weight is 575 g/mol. The van der Waals surface area contributed by atoms with Gasteiger partial charge >= 0.3 is 6.09 Å². The third kappa shape index (κ3) is 7.49. The molecule has 2 aliphatic carbocycles. The van der Waals surface area contributed by atoms with Gasteiger partial charge in [0.05, 0.1) is 6.04 Å². The summed E-state index contributed by atoms with van der Waals surface area (Å²) in [6.45, 7) is 15.9. The van der Waals surface area contributed by atoms with Crippen LogP contribution in [0.1, 0.15) is 86.5 Å². The molecule has 230 valence electrons. The number of nitrogens with zero attached hydrogens (tertiary/aromatic N) is 1. The molecule has 4 amide bonds. The number of carbonyl (C=O) groups is 5. The van der Waals surface area contributed by atoms with Crippen molar-refractivity contribution in [2.45, 2.75) is 111 Å². The first-order valence-corrected chi connectivity index (χ1v) is 15.4. The fraction of sp³-hybridized carbons (Fsp3) is 0.774. The van der Waals surface area contributed by atoms with E-state index in [1.807, 2.05) is 27.7 Å². The zero-order valence-electron chi connectivity index (χ0n) is 25.7. The van der Waals surface area contributed by atoms with Crippen LogP contribution in [0.4, 0.5) is 4.79 Å². The third-order valence-electron chi connectivity index (χ3n) is 9.49. The van der Waals surface area contributed by atoms with Crippen molar-refractivity contribution in [2.24, 2.45) is 29.1 Å². The zero-order chi connectivity index (χ0) is 30.5. The van der Waals surface area contributed by atoms with E-state index in [0.717, 1.165) is 32.1 Å². The fourth-order valence-electron chi connectivity index (χ4n) is 6.53. The number of amides is 4. The van der Waals surface area contributed by atoms with E-state index >= 15 is 0 Å². The Hall–Kier alpha value is -2.91. The van der Waals surface area contributed by atoms with Crippen LogP contribution in [0, 0.1) is 29.1 Å². The summed E-state index contributed by atoms with van der Waals surface area (Å²) in [5, 5.41) is 8.17. The first kappa shape index (κ1) is 32.6. The van der Waals surface area contributed by atoms with Crippen molar-refractivity contribution < 1.29 is 28.7 Å². The first-order chi connectivity index (χ1) is 19.3. The molecule has 0 aromatic rings. The third-order valence-corrected chi connectivity index (χ3v) is 9.49. The summed E-state index contributed by atoms with van der Waals surface area (Å²) in [5.74, 6) is -2.05. The molecule has 2 saturated carbocycles. The molecule has 0 spiro atoms. The molecule has 1 unspecified atom stereocenters. The maximum atomic E-state index is 14.2. The minimum absolute atomic E-state index is 0.0465. The van der Waals surface area contributed by atoms with Crippen molar-refractivity contribution in [3.8, 4) is 0 Å². The maximum absolute atomic E-state index is 14.2. The van der Waals surface area contributed by atoms with Crippen molar-refractivity contribution in [3.05, 3.63) is 12.7 Å². The zero-order valence-corrected chi connectivity index (χ0v) is 25.7. The molecule has 0 aromatic heterocycles. The van der Waals surface area contributed by atoms with Crippen molar-refractivity contribution in [1.29, 1.82) is 0 Å². The van der Waals surface area contributed by atoms with Gasteiger partial charge in [0, 0.05) is 13.1 Å². The number of alkyl carbamates (subject to hydrolysis) is 1. The van der Waals surface area contributed by atoms with Crippen LogP contribution < -0.4 is 16.0 Å². The van der Waals surface area contributed by atoms with E-state index in [2.05, 4.69) is 36.4 Å². The highest BCUT2D eigenvalue weighted by Gasteiger charge is 2.69. The number of carbonyl (C=O) groups excluding carboxylic acids is 5. The van der Waals surface area contributed by atoms with Crippen molar-refractivity contribution in [3.63, 3.8) is 0 Å². The van der Waals surface area contributed by atoms with Crippen molar-refractivity contribution >= 4 is 29.6 Å². The van der Waals surface area contributed by atoms with Crippen LogP contribution in [0.2, 0.25) is 0 Å². The van der Waals surface area contributed by atoms with E-state index < -0.39 is 41.8 Å². The average Bonchev–Trinajstić information content (AvgIpc) is 3.25. The van der Waals surface area contributed by atoms with Crippen LogP contribution in [0.25, 0.3) is 0 Å². The summed E-state index contributed by atoms with van der Waals surface area (Å²) in [4.78, 5) is 67.8. The van der Waals surface area contributed by atoms with Gasteiger partial charge in [-0.2, -0.15) is 0 Å². The Morgan fingerprint density at radius 2 is 1.71 bits per heavy atom. The molecule has 41 heavy (non-hydrogen) atoms. The van der Waals surface area contributed by atoms with Gasteiger partial charge in [-0.1, -0.05) is 66.4 Å². The van der Waals surface area contributed by atoms with E-state index in [1.165, 1.54) is 6.08 Å². The topological polar surface area (TPSA) is 134 Å². The summed E-state index contributed by atoms with van der Waals surface area (Å²) in [7, 11) is 0. The lowest BCUT2D eigenvalue weighted by Gasteiger charge is -2.37. The minimum atomic E-state index is -0.991. The van der Waals surface area contributed by atoms with Crippen LogP contribution in [0.15, 0.2) is 12.7 Å². The van der Waals surface area contributed by atoms with Gasteiger partial charge in [0.2, 0.25) is 17.6 Å². The molecule has 3 aliphatic rings. The molecule has 1 heterocycles. The van der Waals surface area contributed by atoms with Gasteiger partial charge in [0.15, 0.2) is 0 Å². The molecule has 3 rings (SSSR count). The summed E-state index contributed by atoms with van der Waals surface area (Å²) in [6.07, 6.45) is 6.09. The number of hydrogen-bond acceptors (Lipinski definition) is 6. The van der Waals surface area contributed by atoms with Crippen LogP contribution in [0.3, 0.4) is 0 Å². The highest BCUT2D eigenvalue weighted by atomic mass is 16.6. The van der Waals surface area contributed by atoms with E-state index in [0.29, 0.717) is 19.4 Å². The molecule has 6 atom stereocenters. The van der Waals surface area contributed by atoms with Crippen LogP contribution in [0.5, 0.6) is 0 Å². The highest BCUT2D eigenvalue weighted by Crippen LogP contribution is 2.65. The van der Waals surface area contributed by atoms with E-state index in [4.69, 9.17) is 4.74 Å². The summed E-state index contributed by atoms with van der Waals surface area (Å²) < 4.78 is 5.56.